The van der Waals surface area contributed by atoms with Gasteiger partial charge in [0.2, 0.25) is 0 Å². The van der Waals surface area contributed by atoms with Crippen molar-refractivity contribution in [3.63, 3.8) is 0 Å². The summed E-state index contributed by atoms with van der Waals surface area (Å²) in [5.74, 6) is 0. The quantitative estimate of drug-likeness (QED) is 0.846. The third-order valence-corrected chi connectivity index (χ3v) is 3.07. The summed E-state index contributed by atoms with van der Waals surface area (Å²) in [6.07, 6.45) is 0.864. The van der Waals surface area contributed by atoms with E-state index in [0.29, 0.717) is 6.61 Å². The second-order valence-corrected chi connectivity index (χ2v) is 4.29. The highest BCUT2D eigenvalue weighted by Gasteiger charge is 2.07. The molecule has 1 N–H and O–H groups in total. The van der Waals surface area contributed by atoms with E-state index >= 15 is 0 Å². The van der Waals surface area contributed by atoms with Crippen LogP contribution in [0.4, 0.5) is 0 Å². The lowest BCUT2D eigenvalue weighted by Crippen LogP contribution is -2.10. The maximum absolute atomic E-state index is 9.38. The lowest BCUT2D eigenvalue weighted by atomic mass is 10.2. The number of benzene rings is 1. The number of hydrogen-bond donors (Lipinski definition) is 1. The molecule has 2 aromatic rings. The van der Waals surface area contributed by atoms with Crippen molar-refractivity contribution in [1.29, 1.82) is 0 Å². The van der Waals surface area contributed by atoms with Crippen molar-refractivity contribution in [2.45, 2.75) is 19.6 Å². The van der Waals surface area contributed by atoms with Crippen LogP contribution in [0.15, 0.2) is 42.5 Å². The van der Waals surface area contributed by atoms with Gasteiger partial charge < -0.3 is 14.4 Å². The molecule has 0 saturated carbocycles. The molecule has 0 unspecified atom stereocenters. The molecule has 0 atom stereocenters. The molecule has 0 aliphatic rings. The molecule has 3 nitrogen and oxygen atoms in total. The summed E-state index contributed by atoms with van der Waals surface area (Å²) < 4.78 is 7.28. The number of ether oxygens (including phenoxy) is 1. The van der Waals surface area contributed by atoms with E-state index < -0.39 is 0 Å². The molecule has 2 rings (SSSR count). The second kappa shape index (κ2) is 6.38. The van der Waals surface area contributed by atoms with Crippen molar-refractivity contribution in [1.82, 2.24) is 4.57 Å². The third kappa shape index (κ3) is 3.00. The van der Waals surface area contributed by atoms with Crippen LogP contribution in [0, 0.1) is 0 Å². The highest BCUT2D eigenvalue weighted by molar-refractivity contribution is 5.21. The van der Waals surface area contributed by atoms with Gasteiger partial charge in [0.25, 0.3) is 0 Å². The number of methoxy groups -OCH3 is 1. The predicted molar refractivity (Wildman–Crippen MR) is 71.5 cm³/mol. The smallest absolute Gasteiger partial charge is 0.0833 e. The van der Waals surface area contributed by atoms with Gasteiger partial charge in [-0.2, -0.15) is 0 Å². The molecule has 96 valence electrons. The molecule has 1 aromatic heterocycles. The Morgan fingerprint density at radius 1 is 1.06 bits per heavy atom. The Morgan fingerprint density at radius 2 is 1.78 bits per heavy atom. The van der Waals surface area contributed by atoms with Crippen LogP contribution in [0.25, 0.3) is 0 Å². The Morgan fingerprint density at radius 3 is 2.44 bits per heavy atom. The molecule has 0 saturated heterocycles. The van der Waals surface area contributed by atoms with E-state index in [1.54, 1.807) is 7.11 Å². The molecule has 0 bridgehead atoms. The Kier molecular flexibility index (Phi) is 4.56. The van der Waals surface area contributed by atoms with Crippen LogP contribution in [-0.2, 0) is 24.3 Å². The monoisotopic (exact) mass is 245 g/mol. The fourth-order valence-electron chi connectivity index (χ4n) is 2.09. The van der Waals surface area contributed by atoms with Gasteiger partial charge in [-0.3, -0.25) is 0 Å². The molecule has 0 amide bonds. The van der Waals surface area contributed by atoms with E-state index in [1.807, 2.05) is 24.3 Å². The average Bonchev–Trinajstić information content (AvgIpc) is 2.80. The van der Waals surface area contributed by atoms with Crippen molar-refractivity contribution < 1.29 is 9.84 Å². The number of hydrogen-bond acceptors (Lipinski definition) is 2. The molecule has 1 aromatic carbocycles. The second-order valence-electron chi connectivity index (χ2n) is 4.29. The number of aromatic nitrogens is 1. The first-order chi connectivity index (χ1) is 8.85. The van der Waals surface area contributed by atoms with Crippen molar-refractivity contribution in [2.24, 2.45) is 0 Å². The van der Waals surface area contributed by atoms with Crippen LogP contribution in [0.5, 0.6) is 0 Å². The van der Waals surface area contributed by atoms with Crippen LogP contribution in [-0.4, -0.2) is 23.4 Å². The van der Waals surface area contributed by atoms with Crippen LogP contribution in [0.1, 0.15) is 17.0 Å². The minimum atomic E-state index is 0.0693. The van der Waals surface area contributed by atoms with Gasteiger partial charge in [-0.05, 0) is 17.7 Å². The lowest BCUT2D eigenvalue weighted by molar-refractivity contribution is 0.200. The summed E-state index contributed by atoms with van der Waals surface area (Å²) in [6.45, 7) is 1.56. The molecule has 0 aliphatic carbocycles. The topological polar surface area (TPSA) is 34.4 Å². The Bertz CT molecular complexity index is 476. The van der Waals surface area contributed by atoms with Crippen LogP contribution in [0.2, 0.25) is 0 Å². The third-order valence-electron chi connectivity index (χ3n) is 3.07. The Labute approximate surface area is 108 Å². The SMILES string of the molecule is COCCc1ccc(CO)n1Cc1ccccc1. The number of rotatable bonds is 6. The van der Waals surface area contributed by atoms with Crippen LogP contribution >= 0.6 is 0 Å². The molecule has 0 spiro atoms. The summed E-state index contributed by atoms with van der Waals surface area (Å²) in [5, 5.41) is 9.38. The van der Waals surface area contributed by atoms with Crippen LogP contribution in [0.3, 0.4) is 0 Å². The molecule has 0 aliphatic heterocycles. The molecule has 3 heteroatoms. The largest absolute Gasteiger partial charge is 0.390 e. The normalized spacial score (nSPS) is 10.8. The van der Waals surface area contributed by atoms with Crippen LogP contribution < -0.4 is 0 Å². The van der Waals surface area contributed by atoms with Gasteiger partial charge in [0.1, 0.15) is 0 Å². The van der Waals surface area contributed by atoms with Gasteiger partial charge in [0.15, 0.2) is 0 Å². The summed E-state index contributed by atoms with van der Waals surface area (Å²) >= 11 is 0. The zero-order valence-corrected chi connectivity index (χ0v) is 10.7. The maximum Gasteiger partial charge on any atom is 0.0833 e. The van der Waals surface area contributed by atoms with Gasteiger partial charge in [0.05, 0.1) is 13.2 Å². The van der Waals surface area contributed by atoms with E-state index in [-0.39, 0.29) is 6.61 Å². The standard InChI is InChI=1S/C15H19NO2/c1-18-10-9-14-7-8-15(12-17)16(14)11-13-5-3-2-4-6-13/h2-8,17H,9-12H2,1H3. The number of nitrogens with zero attached hydrogens (tertiary/aromatic N) is 1. The van der Waals surface area contributed by atoms with Crippen molar-refractivity contribution in [2.75, 3.05) is 13.7 Å². The van der Waals surface area contributed by atoms with Crippen molar-refractivity contribution in [3.05, 3.63) is 59.4 Å². The first-order valence-corrected chi connectivity index (χ1v) is 6.16. The van der Waals surface area contributed by atoms with Gasteiger partial charge in [-0.15, -0.1) is 0 Å². The average molecular weight is 245 g/mol. The molecule has 0 radical (unpaired) electrons. The summed E-state index contributed by atoms with van der Waals surface area (Å²) in [6, 6.07) is 14.3. The van der Waals surface area contributed by atoms with Gasteiger partial charge >= 0.3 is 0 Å². The minimum Gasteiger partial charge on any atom is -0.390 e. The lowest BCUT2D eigenvalue weighted by Gasteiger charge is -2.12. The van der Waals surface area contributed by atoms with Gasteiger partial charge in [-0.1, -0.05) is 30.3 Å². The molecule has 18 heavy (non-hydrogen) atoms. The predicted octanol–water partition coefficient (Wildman–Crippen LogP) is 2.22. The van der Waals surface area contributed by atoms with Crippen molar-refractivity contribution >= 4 is 0 Å². The van der Waals surface area contributed by atoms with E-state index in [4.69, 9.17) is 4.74 Å². The highest BCUT2D eigenvalue weighted by Crippen LogP contribution is 2.13. The maximum atomic E-state index is 9.38. The number of aliphatic hydroxyl groups excluding tert-OH is 1. The fraction of sp³-hybridized carbons (Fsp3) is 0.333. The zero-order valence-electron chi connectivity index (χ0n) is 10.7. The first kappa shape index (κ1) is 12.9. The number of aliphatic hydroxyl groups is 1. The zero-order chi connectivity index (χ0) is 12.8. The van der Waals surface area contributed by atoms with E-state index in [2.05, 4.69) is 22.8 Å². The molecule has 0 fully saturated rings. The van der Waals surface area contributed by atoms with Crippen molar-refractivity contribution in [3.8, 4) is 0 Å². The molecular formula is C15H19NO2. The molecule has 1 heterocycles. The first-order valence-electron chi connectivity index (χ1n) is 6.16. The summed E-state index contributed by atoms with van der Waals surface area (Å²) in [5.41, 5.74) is 3.39. The van der Waals surface area contributed by atoms with E-state index in [0.717, 1.165) is 18.7 Å². The minimum absolute atomic E-state index is 0.0693. The van der Waals surface area contributed by atoms with Gasteiger partial charge in [0, 0.05) is 31.5 Å². The van der Waals surface area contributed by atoms with Gasteiger partial charge in [-0.25, -0.2) is 0 Å². The van der Waals surface area contributed by atoms with E-state index in [9.17, 15) is 5.11 Å². The summed E-state index contributed by atoms with van der Waals surface area (Å²) in [4.78, 5) is 0. The van der Waals surface area contributed by atoms with E-state index in [1.165, 1.54) is 11.3 Å². The Balaban J connectivity index is 2.21. The highest BCUT2D eigenvalue weighted by atomic mass is 16.5. The molecular weight excluding hydrogens is 226 g/mol. The summed E-state index contributed by atoms with van der Waals surface area (Å²) in [7, 11) is 1.71. The Hall–Kier alpha value is -1.58. The fourth-order valence-corrected chi connectivity index (χ4v) is 2.09.